The lowest BCUT2D eigenvalue weighted by Crippen LogP contribution is -1.97. The van der Waals surface area contributed by atoms with Crippen molar-refractivity contribution < 1.29 is 14.4 Å². The van der Waals surface area contributed by atoms with Crippen LogP contribution in [-0.2, 0) is 0 Å². The molecule has 0 saturated heterocycles. The lowest BCUT2D eigenvalue weighted by atomic mass is 10.2. The van der Waals surface area contributed by atoms with Gasteiger partial charge >= 0.3 is 0 Å². The van der Waals surface area contributed by atoms with Crippen molar-refractivity contribution in [1.29, 1.82) is 0 Å². The molecule has 1 N–H and O–H groups in total. The Morgan fingerprint density at radius 3 is 2.36 bits per heavy atom. The zero-order valence-electron chi connectivity index (χ0n) is 12.1. The van der Waals surface area contributed by atoms with Gasteiger partial charge < -0.3 is 9.47 Å². The van der Waals surface area contributed by atoms with E-state index in [9.17, 15) is 10.1 Å². The SMILES string of the molecule is COc1cc(/C=N\Nc2ccccc2[N+](=O)[O-])cc(OC)c1. The normalized spacial score (nSPS) is 10.5. The predicted octanol–water partition coefficient (Wildman–Crippen LogP) is 3.06. The summed E-state index contributed by atoms with van der Waals surface area (Å²) in [4.78, 5) is 10.4. The summed E-state index contributed by atoms with van der Waals surface area (Å²) in [6.45, 7) is 0. The highest BCUT2D eigenvalue weighted by atomic mass is 16.6. The quantitative estimate of drug-likeness (QED) is 0.503. The van der Waals surface area contributed by atoms with Gasteiger partial charge in [0.1, 0.15) is 17.2 Å². The van der Waals surface area contributed by atoms with Crippen molar-refractivity contribution in [1.82, 2.24) is 0 Å². The van der Waals surface area contributed by atoms with Crippen LogP contribution in [0.5, 0.6) is 11.5 Å². The maximum absolute atomic E-state index is 10.9. The predicted molar refractivity (Wildman–Crippen MR) is 83.9 cm³/mol. The molecular weight excluding hydrogens is 286 g/mol. The molecule has 0 aliphatic carbocycles. The van der Waals surface area contributed by atoms with Gasteiger partial charge in [-0.25, -0.2) is 0 Å². The molecule has 0 heterocycles. The lowest BCUT2D eigenvalue weighted by molar-refractivity contribution is -0.384. The number of hydrogen-bond donors (Lipinski definition) is 1. The van der Waals surface area contributed by atoms with E-state index in [4.69, 9.17) is 9.47 Å². The zero-order valence-corrected chi connectivity index (χ0v) is 12.1. The van der Waals surface area contributed by atoms with Gasteiger partial charge in [-0.3, -0.25) is 15.5 Å². The number of benzene rings is 2. The Hall–Kier alpha value is -3.09. The molecule has 7 nitrogen and oxygen atoms in total. The fourth-order valence-corrected chi connectivity index (χ4v) is 1.81. The molecule has 0 saturated carbocycles. The Kier molecular flexibility index (Phi) is 4.92. The van der Waals surface area contributed by atoms with Crippen LogP contribution in [0.1, 0.15) is 5.56 Å². The van der Waals surface area contributed by atoms with E-state index in [1.54, 1.807) is 50.6 Å². The highest BCUT2D eigenvalue weighted by Crippen LogP contribution is 2.24. The number of methoxy groups -OCH3 is 2. The third-order valence-electron chi connectivity index (χ3n) is 2.87. The van der Waals surface area contributed by atoms with Crippen molar-refractivity contribution >= 4 is 17.6 Å². The molecule has 2 aromatic carbocycles. The van der Waals surface area contributed by atoms with E-state index in [0.717, 1.165) is 5.56 Å². The molecule has 114 valence electrons. The van der Waals surface area contributed by atoms with Crippen LogP contribution in [0.2, 0.25) is 0 Å². The molecule has 0 radical (unpaired) electrons. The molecule has 0 aromatic heterocycles. The molecule has 22 heavy (non-hydrogen) atoms. The van der Waals surface area contributed by atoms with E-state index < -0.39 is 4.92 Å². The molecule has 0 unspecified atom stereocenters. The molecule has 0 amide bonds. The summed E-state index contributed by atoms with van der Waals surface area (Å²) in [6, 6.07) is 11.6. The number of nitrogens with one attached hydrogen (secondary N) is 1. The first-order valence-electron chi connectivity index (χ1n) is 6.39. The maximum atomic E-state index is 10.9. The number of ether oxygens (including phenoxy) is 2. The molecule has 0 bridgehead atoms. The van der Waals surface area contributed by atoms with Crippen molar-refractivity contribution in [3.63, 3.8) is 0 Å². The lowest BCUT2D eigenvalue weighted by Gasteiger charge is -2.05. The molecule has 0 spiro atoms. The number of nitro groups is 1. The van der Waals surface area contributed by atoms with Crippen LogP contribution in [-0.4, -0.2) is 25.4 Å². The standard InChI is InChI=1S/C15H15N3O4/c1-21-12-7-11(8-13(9-12)22-2)10-16-17-14-5-3-4-6-15(14)18(19)20/h3-10,17H,1-2H3/b16-10-. The van der Waals surface area contributed by atoms with Gasteiger partial charge in [-0.05, 0) is 18.2 Å². The van der Waals surface area contributed by atoms with E-state index in [0.29, 0.717) is 17.2 Å². The average molecular weight is 301 g/mol. The molecule has 7 heteroatoms. The number of hydrogen-bond acceptors (Lipinski definition) is 6. The van der Waals surface area contributed by atoms with Crippen LogP contribution in [0.3, 0.4) is 0 Å². The van der Waals surface area contributed by atoms with Crippen molar-refractivity contribution in [2.75, 3.05) is 19.6 Å². The van der Waals surface area contributed by atoms with Crippen molar-refractivity contribution in [3.8, 4) is 11.5 Å². The van der Waals surface area contributed by atoms with Gasteiger partial charge in [-0.15, -0.1) is 0 Å². The first-order chi connectivity index (χ1) is 10.6. The monoisotopic (exact) mass is 301 g/mol. The second-order valence-electron chi connectivity index (χ2n) is 4.29. The van der Waals surface area contributed by atoms with Crippen LogP contribution in [0.15, 0.2) is 47.6 Å². The Morgan fingerprint density at radius 1 is 1.14 bits per heavy atom. The first-order valence-corrected chi connectivity index (χ1v) is 6.39. The van der Waals surface area contributed by atoms with Crippen molar-refractivity contribution in [3.05, 3.63) is 58.1 Å². The van der Waals surface area contributed by atoms with Crippen molar-refractivity contribution in [2.24, 2.45) is 5.10 Å². The van der Waals surface area contributed by atoms with Crippen LogP contribution in [0.4, 0.5) is 11.4 Å². The summed E-state index contributed by atoms with van der Waals surface area (Å²) in [5.41, 5.74) is 3.68. The molecule has 2 aromatic rings. The van der Waals surface area contributed by atoms with E-state index in [2.05, 4.69) is 10.5 Å². The Bertz CT molecular complexity index is 679. The smallest absolute Gasteiger partial charge is 0.294 e. The second-order valence-corrected chi connectivity index (χ2v) is 4.29. The van der Waals surface area contributed by atoms with Crippen LogP contribution in [0.25, 0.3) is 0 Å². The minimum Gasteiger partial charge on any atom is -0.497 e. The van der Waals surface area contributed by atoms with E-state index >= 15 is 0 Å². The Morgan fingerprint density at radius 2 is 1.77 bits per heavy atom. The second kappa shape index (κ2) is 7.07. The van der Waals surface area contributed by atoms with Gasteiger partial charge in [0.15, 0.2) is 0 Å². The Balaban J connectivity index is 2.18. The number of para-hydroxylation sites is 2. The topological polar surface area (TPSA) is 86.0 Å². The minimum absolute atomic E-state index is 0.0390. The van der Waals surface area contributed by atoms with Gasteiger partial charge in [-0.1, -0.05) is 12.1 Å². The fourth-order valence-electron chi connectivity index (χ4n) is 1.81. The molecule has 0 aliphatic rings. The summed E-state index contributed by atoms with van der Waals surface area (Å²) >= 11 is 0. The van der Waals surface area contributed by atoms with Gasteiger partial charge in [0.2, 0.25) is 0 Å². The molecule has 0 fully saturated rings. The third kappa shape index (κ3) is 3.72. The Labute approximate surface area is 127 Å². The third-order valence-corrected chi connectivity index (χ3v) is 2.87. The highest BCUT2D eigenvalue weighted by molar-refractivity contribution is 5.82. The molecule has 0 aliphatic heterocycles. The summed E-state index contributed by atoms with van der Waals surface area (Å²) in [5, 5.41) is 14.9. The average Bonchev–Trinajstić information content (AvgIpc) is 2.54. The summed E-state index contributed by atoms with van der Waals surface area (Å²) in [5.74, 6) is 1.26. The highest BCUT2D eigenvalue weighted by Gasteiger charge is 2.10. The largest absolute Gasteiger partial charge is 0.497 e. The summed E-state index contributed by atoms with van der Waals surface area (Å²) < 4.78 is 10.3. The molecule has 2 rings (SSSR count). The fraction of sp³-hybridized carbons (Fsp3) is 0.133. The number of hydrazone groups is 1. The van der Waals surface area contributed by atoms with E-state index in [1.807, 2.05) is 0 Å². The number of nitro benzene ring substituents is 1. The van der Waals surface area contributed by atoms with E-state index in [-0.39, 0.29) is 5.69 Å². The van der Waals surface area contributed by atoms with Crippen LogP contribution >= 0.6 is 0 Å². The summed E-state index contributed by atoms with van der Waals surface area (Å²) in [7, 11) is 3.11. The van der Waals surface area contributed by atoms with Gasteiger partial charge in [0, 0.05) is 17.7 Å². The van der Waals surface area contributed by atoms with Crippen LogP contribution in [0, 0.1) is 10.1 Å². The van der Waals surface area contributed by atoms with Gasteiger partial charge in [-0.2, -0.15) is 5.10 Å². The molecule has 0 atom stereocenters. The summed E-state index contributed by atoms with van der Waals surface area (Å²) in [6.07, 6.45) is 1.53. The van der Waals surface area contributed by atoms with Gasteiger partial charge in [0.05, 0.1) is 25.4 Å². The number of rotatable bonds is 6. The number of anilines is 1. The van der Waals surface area contributed by atoms with Crippen molar-refractivity contribution in [2.45, 2.75) is 0 Å². The van der Waals surface area contributed by atoms with E-state index in [1.165, 1.54) is 12.3 Å². The first kappa shape index (κ1) is 15.3. The maximum Gasteiger partial charge on any atom is 0.294 e. The molecular formula is C15H15N3O4. The minimum atomic E-state index is -0.466. The number of nitrogens with zero attached hydrogens (tertiary/aromatic N) is 2. The van der Waals surface area contributed by atoms with Crippen LogP contribution < -0.4 is 14.9 Å². The van der Waals surface area contributed by atoms with Gasteiger partial charge in [0.25, 0.3) is 5.69 Å². The zero-order chi connectivity index (χ0) is 15.9.